The molecule has 0 amide bonds. The van der Waals surface area contributed by atoms with E-state index in [2.05, 4.69) is 42.3 Å². The van der Waals surface area contributed by atoms with E-state index in [1.165, 1.54) is 193 Å². The number of nitrogens with zero attached hydrogens (tertiary/aromatic N) is 2. The molecule has 2 nitrogen and oxygen atoms in total. The maximum atomic E-state index is 2.57. The summed E-state index contributed by atoms with van der Waals surface area (Å²) in [6.45, 7) is 9.24. The molecule has 0 fully saturated rings. The van der Waals surface area contributed by atoms with E-state index in [0.29, 0.717) is 0 Å². The van der Waals surface area contributed by atoms with Gasteiger partial charge >= 0.3 is 0 Å². The van der Waals surface area contributed by atoms with E-state index in [9.17, 15) is 0 Å². The molecule has 0 aliphatic carbocycles. The molecule has 0 N–H and O–H groups in total. The molecule has 2 heteroatoms. The smallest absolute Gasteiger partial charge is 0.235 e. The van der Waals surface area contributed by atoms with Gasteiger partial charge in [-0.1, -0.05) is 174 Å². The van der Waals surface area contributed by atoms with Crippen molar-refractivity contribution >= 4 is 0 Å². The first-order chi connectivity index (χ1) is 19.3. The molecule has 1 aromatic heterocycles. The molecule has 39 heavy (non-hydrogen) atoms. The summed E-state index contributed by atoms with van der Waals surface area (Å²) in [4.78, 5) is 0. The van der Waals surface area contributed by atoms with Gasteiger partial charge in [0, 0.05) is 6.42 Å². The molecule has 1 aromatic rings. The molecule has 230 valence electrons. The van der Waals surface area contributed by atoms with Crippen molar-refractivity contribution in [3.05, 3.63) is 18.2 Å². The highest BCUT2D eigenvalue weighted by Gasteiger charge is 2.15. The van der Waals surface area contributed by atoms with Crippen LogP contribution in [0.5, 0.6) is 0 Å². The van der Waals surface area contributed by atoms with Crippen molar-refractivity contribution in [1.82, 2.24) is 4.57 Å². The highest BCUT2D eigenvalue weighted by Crippen LogP contribution is 2.15. The number of aryl methyl sites for hydroxylation is 2. The zero-order chi connectivity index (χ0) is 28.1. The third-order valence-electron chi connectivity index (χ3n) is 8.94. The van der Waals surface area contributed by atoms with Gasteiger partial charge in [0.1, 0.15) is 12.4 Å². The van der Waals surface area contributed by atoms with Gasteiger partial charge in [0.2, 0.25) is 0 Å². The second-order valence-electron chi connectivity index (χ2n) is 12.6. The number of rotatable bonds is 31. The number of imidazole rings is 1. The first-order valence-corrected chi connectivity index (χ1v) is 18.4. The van der Waals surface area contributed by atoms with Crippen molar-refractivity contribution in [2.45, 2.75) is 220 Å². The Hall–Kier alpha value is -0.790. The topological polar surface area (TPSA) is 8.81 Å². The van der Waals surface area contributed by atoms with Crippen LogP contribution in [-0.2, 0) is 19.5 Å². The Morgan fingerprint density at radius 2 is 0.769 bits per heavy atom. The predicted octanol–water partition coefficient (Wildman–Crippen LogP) is 12.3. The van der Waals surface area contributed by atoms with E-state index < -0.39 is 0 Å². The summed E-state index contributed by atoms with van der Waals surface area (Å²) in [5, 5.41) is 0. The Kier molecular flexibility index (Phi) is 26.7. The molecule has 0 bridgehead atoms. The van der Waals surface area contributed by atoms with Crippen LogP contribution in [0.25, 0.3) is 0 Å². The first kappa shape index (κ1) is 36.2. The first-order valence-electron chi connectivity index (χ1n) is 18.4. The van der Waals surface area contributed by atoms with Gasteiger partial charge in [0.15, 0.2) is 0 Å². The number of hydrogen-bond acceptors (Lipinski definition) is 0. The van der Waals surface area contributed by atoms with Crippen LogP contribution in [0.2, 0.25) is 0 Å². The van der Waals surface area contributed by atoms with E-state index in [1.807, 2.05) is 0 Å². The van der Waals surface area contributed by atoms with Gasteiger partial charge in [0.25, 0.3) is 5.82 Å². The fourth-order valence-corrected chi connectivity index (χ4v) is 6.23. The standard InChI is InChI=1S/C37H73N2/c1-4-7-9-11-13-15-17-18-19-20-21-22-23-25-27-29-31-33-37-38(6-3)35-36-39(37)34-32-30-28-26-24-16-14-12-10-8-5-2/h35-36H,4-34H2,1-3H3/q+1. The Labute approximate surface area is 247 Å². The average Bonchev–Trinajstić information content (AvgIpc) is 3.34. The van der Waals surface area contributed by atoms with Crippen molar-refractivity contribution in [2.75, 3.05) is 0 Å². The summed E-state index contributed by atoms with van der Waals surface area (Å²) < 4.78 is 5.06. The molecule has 1 heterocycles. The third kappa shape index (κ3) is 21.6. The minimum Gasteiger partial charge on any atom is -0.235 e. The highest BCUT2D eigenvalue weighted by molar-refractivity contribution is 4.83. The van der Waals surface area contributed by atoms with Gasteiger partial charge in [-0.15, -0.1) is 0 Å². The van der Waals surface area contributed by atoms with Gasteiger partial charge in [0.05, 0.1) is 13.1 Å². The lowest BCUT2D eigenvalue weighted by molar-refractivity contribution is -0.704. The quantitative estimate of drug-likeness (QED) is 0.0648. The lowest BCUT2D eigenvalue weighted by atomic mass is 10.0. The van der Waals surface area contributed by atoms with Gasteiger partial charge < -0.3 is 0 Å². The minimum absolute atomic E-state index is 1.11. The van der Waals surface area contributed by atoms with Gasteiger partial charge in [-0.2, -0.15) is 0 Å². The third-order valence-corrected chi connectivity index (χ3v) is 8.94. The second-order valence-corrected chi connectivity index (χ2v) is 12.6. The van der Waals surface area contributed by atoms with Crippen molar-refractivity contribution in [2.24, 2.45) is 0 Å². The molecule has 0 saturated carbocycles. The number of aromatic nitrogens is 2. The molecule has 0 radical (unpaired) electrons. The summed E-state index contributed by atoms with van der Waals surface area (Å²) in [7, 11) is 0. The molecule has 1 rings (SSSR count). The minimum atomic E-state index is 1.11. The maximum absolute atomic E-state index is 2.57. The maximum Gasteiger partial charge on any atom is 0.256 e. The van der Waals surface area contributed by atoms with Crippen LogP contribution in [0.15, 0.2) is 12.4 Å². The molecular formula is C37H73N2+. The van der Waals surface area contributed by atoms with Crippen molar-refractivity contribution in [3.8, 4) is 0 Å². The second kappa shape index (κ2) is 28.7. The molecule has 0 saturated heterocycles. The monoisotopic (exact) mass is 546 g/mol. The largest absolute Gasteiger partial charge is 0.256 e. The number of unbranched alkanes of at least 4 members (excludes halogenated alkanes) is 26. The number of hydrogen-bond donors (Lipinski definition) is 0. The predicted molar refractivity (Wildman–Crippen MR) is 175 cm³/mol. The average molecular weight is 546 g/mol. The van der Waals surface area contributed by atoms with Crippen LogP contribution in [0, 0.1) is 0 Å². The van der Waals surface area contributed by atoms with E-state index in [0.717, 1.165) is 6.54 Å². The molecule has 0 aliphatic heterocycles. The Morgan fingerprint density at radius 3 is 1.13 bits per heavy atom. The summed E-state index contributed by atoms with van der Waals surface area (Å²) >= 11 is 0. The van der Waals surface area contributed by atoms with E-state index in [4.69, 9.17) is 0 Å². The summed E-state index contributed by atoms with van der Waals surface area (Å²) in [6.07, 6.45) is 46.3. The van der Waals surface area contributed by atoms with Crippen LogP contribution < -0.4 is 4.57 Å². The van der Waals surface area contributed by atoms with Crippen molar-refractivity contribution in [3.63, 3.8) is 0 Å². The van der Waals surface area contributed by atoms with Gasteiger partial charge in [-0.3, -0.25) is 0 Å². The van der Waals surface area contributed by atoms with Gasteiger partial charge in [-0.05, 0) is 26.2 Å². The Balaban J connectivity index is 1.97. The Bertz CT molecular complexity index is 605. The molecule has 0 aromatic carbocycles. The SMILES string of the molecule is CCCCCCCCCCCCCCCCCCCc1n(CC)cc[n+]1CCCCCCCCCCCCC. The fourth-order valence-electron chi connectivity index (χ4n) is 6.23. The normalized spacial score (nSPS) is 11.6. The fraction of sp³-hybridized carbons (Fsp3) is 0.919. The van der Waals surface area contributed by atoms with E-state index in [1.54, 1.807) is 5.82 Å². The Morgan fingerprint density at radius 1 is 0.436 bits per heavy atom. The molecule has 0 atom stereocenters. The lowest BCUT2D eigenvalue weighted by Crippen LogP contribution is -2.37. The summed E-state index contributed by atoms with van der Waals surface area (Å²) in [5.41, 5.74) is 0. The molecule has 0 unspecified atom stereocenters. The van der Waals surface area contributed by atoms with Crippen LogP contribution in [0.3, 0.4) is 0 Å². The van der Waals surface area contributed by atoms with Gasteiger partial charge in [-0.25, -0.2) is 9.13 Å². The highest BCUT2D eigenvalue weighted by atomic mass is 15.1. The van der Waals surface area contributed by atoms with Crippen LogP contribution >= 0.6 is 0 Å². The molecular weight excluding hydrogens is 472 g/mol. The summed E-state index contributed by atoms with van der Waals surface area (Å²) in [5.74, 6) is 1.57. The van der Waals surface area contributed by atoms with Crippen molar-refractivity contribution < 1.29 is 4.57 Å². The van der Waals surface area contributed by atoms with E-state index in [-0.39, 0.29) is 0 Å². The van der Waals surface area contributed by atoms with Crippen LogP contribution in [0.1, 0.15) is 206 Å². The van der Waals surface area contributed by atoms with Crippen molar-refractivity contribution in [1.29, 1.82) is 0 Å². The zero-order valence-corrected chi connectivity index (χ0v) is 27.5. The molecule has 0 spiro atoms. The van der Waals surface area contributed by atoms with Crippen LogP contribution in [0.4, 0.5) is 0 Å². The lowest BCUT2D eigenvalue weighted by Gasteiger charge is -2.06. The van der Waals surface area contributed by atoms with E-state index >= 15 is 0 Å². The zero-order valence-electron chi connectivity index (χ0n) is 27.5. The van der Waals surface area contributed by atoms with Crippen LogP contribution in [-0.4, -0.2) is 4.57 Å². The molecule has 0 aliphatic rings. The summed E-state index contributed by atoms with van der Waals surface area (Å²) in [6, 6.07) is 0.